The molecular weight excluding hydrogens is 322 g/mol. The highest BCUT2D eigenvalue weighted by Crippen LogP contribution is 2.28. The lowest BCUT2D eigenvalue weighted by atomic mass is 10.0. The molecule has 0 amide bonds. The third-order valence-corrected chi connectivity index (χ3v) is 4.27. The fraction of sp³-hybridized carbons (Fsp3) is 0.0667. The lowest BCUT2D eigenvalue weighted by Gasteiger charge is -2.07. The van der Waals surface area contributed by atoms with E-state index in [4.69, 9.17) is 0 Å². The van der Waals surface area contributed by atoms with Gasteiger partial charge in [-0.2, -0.15) is 12.8 Å². The van der Waals surface area contributed by atoms with E-state index in [9.17, 15) is 28.5 Å². The highest BCUT2D eigenvalue weighted by atomic mass is 32.2. The number of phenolic OH excluding ortho intramolecular Hbond substituents is 2. The van der Waals surface area contributed by atoms with Crippen LogP contribution in [0.3, 0.4) is 0 Å². The maximum Gasteiger partial charge on any atom is 0.316 e. The minimum absolute atomic E-state index is 0.360. The normalized spacial score (nSPS) is 13.0. The van der Waals surface area contributed by atoms with Gasteiger partial charge >= 0.3 is 5.97 Å². The number of aromatic hydroxyl groups is 2. The number of rotatable bonds is 5. The molecule has 2 rings (SSSR count). The molecule has 0 aromatic heterocycles. The van der Waals surface area contributed by atoms with Crippen molar-refractivity contribution in [3.05, 3.63) is 54.1 Å². The maximum absolute atomic E-state index is 12.1. The Morgan fingerprint density at radius 2 is 1.70 bits per heavy atom. The Morgan fingerprint density at radius 3 is 2.26 bits per heavy atom. The summed E-state index contributed by atoms with van der Waals surface area (Å²) in [6.45, 7) is 0. The summed E-state index contributed by atoms with van der Waals surface area (Å²) in [5.74, 6) is -3.56. The van der Waals surface area contributed by atoms with Crippen LogP contribution in [0.5, 0.6) is 11.5 Å². The molecule has 120 valence electrons. The Morgan fingerprint density at radius 1 is 1.04 bits per heavy atom. The number of aliphatic carboxylic acids is 1. The minimum Gasteiger partial charge on any atom is -0.504 e. The lowest BCUT2D eigenvalue weighted by Crippen LogP contribution is -2.14. The highest BCUT2D eigenvalue weighted by molar-refractivity contribution is 7.90. The van der Waals surface area contributed by atoms with Crippen LogP contribution < -0.4 is 0 Å². The van der Waals surface area contributed by atoms with E-state index in [2.05, 4.69) is 4.40 Å². The molecule has 0 radical (unpaired) electrons. The number of nitrogens with zero attached hydrogens (tertiary/aromatic N) is 1. The molecule has 0 aliphatic rings. The van der Waals surface area contributed by atoms with Crippen LogP contribution in [-0.4, -0.2) is 35.9 Å². The van der Waals surface area contributed by atoms with Crippen LogP contribution in [-0.2, 0) is 14.8 Å². The second kappa shape index (κ2) is 6.49. The van der Waals surface area contributed by atoms with Crippen LogP contribution in [0, 0.1) is 0 Å². The van der Waals surface area contributed by atoms with E-state index in [-0.39, 0.29) is 4.90 Å². The molecule has 0 spiro atoms. The van der Waals surface area contributed by atoms with Gasteiger partial charge in [-0.1, -0.05) is 30.3 Å². The van der Waals surface area contributed by atoms with Crippen molar-refractivity contribution in [1.29, 1.82) is 0 Å². The number of carboxylic acids is 1. The molecule has 0 aliphatic heterocycles. The lowest BCUT2D eigenvalue weighted by molar-refractivity contribution is -0.136. The van der Waals surface area contributed by atoms with E-state index in [1.54, 1.807) is 30.3 Å². The van der Waals surface area contributed by atoms with Crippen molar-refractivity contribution in [3.8, 4) is 11.5 Å². The monoisotopic (exact) mass is 335 g/mol. The summed E-state index contributed by atoms with van der Waals surface area (Å²) < 4.78 is 27.5. The predicted molar refractivity (Wildman–Crippen MR) is 82.3 cm³/mol. The molecular formula is C15H13NO6S. The zero-order valence-corrected chi connectivity index (χ0v) is 12.5. The van der Waals surface area contributed by atoms with Crippen LogP contribution in [0.2, 0.25) is 0 Å². The summed E-state index contributed by atoms with van der Waals surface area (Å²) >= 11 is 0. The van der Waals surface area contributed by atoms with Crippen LogP contribution >= 0.6 is 0 Å². The van der Waals surface area contributed by atoms with Gasteiger partial charge in [-0.25, -0.2) is 0 Å². The van der Waals surface area contributed by atoms with Gasteiger partial charge in [-0.15, -0.1) is 0 Å². The van der Waals surface area contributed by atoms with Gasteiger partial charge in [-0.05, 0) is 17.7 Å². The second-order valence-electron chi connectivity index (χ2n) is 4.61. The number of carbonyl (C=O) groups is 1. The number of benzene rings is 2. The largest absolute Gasteiger partial charge is 0.504 e. The number of sulfonamides is 1. The molecule has 3 N–H and O–H groups in total. The van der Waals surface area contributed by atoms with E-state index in [0.29, 0.717) is 5.56 Å². The summed E-state index contributed by atoms with van der Waals surface area (Å²) in [4.78, 5) is 10.9. The first-order valence-corrected chi connectivity index (χ1v) is 7.85. The summed E-state index contributed by atoms with van der Waals surface area (Å²) in [5.41, 5.74) is 0.382. The summed E-state index contributed by atoms with van der Waals surface area (Å²) in [6.07, 6.45) is 0.816. The van der Waals surface area contributed by atoms with Crippen molar-refractivity contribution >= 4 is 22.2 Å². The molecule has 0 bridgehead atoms. The van der Waals surface area contributed by atoms with Crippen LogP contribution in [0.25, 0.3) is 0 Å². The fourth-order valence-electron chi connectivity index (χ4n) is 1.82. The van der Waals surface area contributed by atoms with Crippen molar-refractivity contribution in [1.82, 2.24) is 0 Å². The van der Waals surface area contributed by atoms with Crippen molar-refractivity contribution in [2.45, 2.75) is 10.8 Å². The molecule has 0 saturated heterocycles. The molecule has 2 aromatic carbocycles. The van der Waals surface area contributed by atoms with Gasteiger partial charge in [0.05, 0.1) is 4.90 Å². The summed E-state index contributed by atoms with van der Waals surface area (Å²) in [7, 11) is -4.20. The van der Waals surface area contributed by atoms with E-state index < -0.39 is 33.4 Å². The third-order valence-electron chi connectivity index (χ3n) is 3.02. The van der Waals surface area contributed by atoms with Gasteiger partial charge in [0, 0.05) is 12.3 Å². The molecule has 2 aromatic rings. The van der Waals surface area contributed by atoms with Gasteiger partial charge < -0.3 is 15.3 Å². The van der Waals surface area contributed by atoms with Crippen molar-refractivity contribution in [2.75, 3.05) is 0 Å². The Kier molecular flexibility index (Phi) is 4.65. The molecule has 1 unspecified atom stereocenters. The van der Waals surface area contributed by atoms with Crippen LogP contribution in [0.15, 0.2) is 57.8 Å². The molecule has 0 fully saturated rings. The third kappa shape index (κ3) is 3.86. The molecule has 23 heavy (non-hydrogen) atoms. The van der Waals surface area contributed by atoms with Crippen molar-refractivity contribution in [2.24, 2.45) is 4.40 Å². The minimum atomic E-state index is -4.20. The van der Waals surface area contributed by atoms with E-state index in [1.165, 1.54) is 0 Å². The first kappa shape index (κ1) is 16.5. The predicted octanol–water partition coefficient (Wildman–Crippen LogP) is 1.73. The molecule has 0 aliphatic carbocycles. The first-order chi connectivity index (χ1) is 10.8. The van der Waals surface area contributed by atoms with Gasteiger partial charge in [0.2, 0.25) is 0 Å². The van der Waals surface area contributed by atoms with Gasteiger partial charge in [0.1, 0.15) is 5.92 Å². The number of hydrogen-bond donors (Lipinski definition) is 3. The first-order valence-electron chi connectivity index (χ1n) is 6.41. The highest BCUT2D eigenvalue weighted by Gasteiger charge is 2.20. The zero-order chi connectivity index (χ0) is 17.0. The Hall–Kier alpha value is -2.87. The van der Waals surface area contributed by atoms with E-state index in [1.807, 2.05) is 0 Å². The average molecular weight is 335 g/mol. The summed E-state index contributed by atoms with van der Waals surface area (Å²) in [6, 6.07) is 10.9. The standard InChI is InChI=1S/C15H13NO6S/c17-13-7-6-11(8-14(13)18)23(21,22)16-9-12(15(19)20)10-4-2-1-3-5-10/h1-9,12,17-18H,(H,19,20). The Bertz CT molecular complexity index is 846. The van der Waals surface area contributed by atoms with Gasteiger partial charge in [0.15, 0.2) is 11.5 Å². The van der Waals surface area contributed by atoms with Gasteiger partial charge in [-0.3, -0.25) is 4.79 Å². The number of hydrogen-bond acceptors (Lipinski definition) is 5. The smallest absolute Gasteiger partial charge is 0.316 e. The maximum atomic E-state index is 12.1. The zero-order valence-electron chi connectivity index (χ0n) is 11.7. The number of carboxylic acid groups (broad SMARTS) is 1. The molecule has 1 atom stereocenters. The Labute approximate surface area is 132 Å². The molecule has 0 heterocycles. The van der Waals surface area contributed by atoms with Crippen molar-refractivity contribution in [3.63, 3.8) is 0 Å². The molecule has 7 nitrogen and oxygen atoms in total. The Balaban J connectivity index is 2.35. The average Bonchev–Trinajstić information content (AvgIpc) is 2.50. The van der Waals surface area contributed by atoms with Crippen LogP contribution in [0.4, 0.5) is 0 Å². The topological polar surface area (TPSA) is 124 Å². The fourth-order valence-corrected chi connectivity index (χ4v) is 2.72. The van der Waals surface area contributed by atoms with E-state index >= 15 is 0 Å². The number of phenols is 2. The van der Waals surface area contributed by atoms with Crippen molar-refractivity contribution < 1.29 is 28.5 Å². The second-order valence-corrected chi connectivity index (χ2v) is 6.24. The quantitative estimate of drug-likeness (QED) is 0.564. The van der Waals surface area contributed by atoms with Gasteiger partial charge in [0.25, 0.3) is 10.0 Å². The van der Waals surface area contributed by atoms with E-state index in [0.717, 1.165) is 24.4 Å². The molecule has 8 heteroatoms. The molecule has 0 saturated carbocycles. The SMILES string of the molecule is O=C(O)C(C=NS(=O)(=O)c1ccc(O)c(O)c1)c1ccccc1. The summed E-state index contributed by atoms with van der Waals surface area (Å²) in [5, 5.41) is 27.8. The van der Waals surface area contributed by atoms with Crippen LogP contribution in [0.1, 0.15) is 11.5 Å².